The number of aryl methyl sites for hydroxylation is 2. The molecule has 2 N–H and O–H groups in total. The van der Waals surface area contributed by atoms with E-state index in [-0.39, 0.29) is 0 Å². The number of benzene rings is 1. The Morgan fingerprint density at radius 2 is 2.17 bits per heavy atom. The van der Waals surface area contributed by atoms with Gasteiger partial charge < -0.3 is 10.3 Å². The smallest absolute Gasteiger partial charge is 0.201 e. The molecule has 0 spiro atoms. The summed E-state index contributed by atoms with van der Waals surface area (Å²) in [6, 6.07) is 7.46. The minimum atomic E-state index is 0.499. The van der Waals surface area contributed by atoms with Crippen LogP contribution in [0, 0.1) is 0 Å². The first-order chi connectivity index (χ1) is 8.74. The molecule has 2 aromatic heterocycles. The van der Waals surface area contributed by atoms with Crippen LogP contribution in [0.2, 0.25) is 5.02 Å². The maximum Gasteiger partial charge on any atom is 0.201 e. The Bertz CT molecular complexity index is 671. The molecule has 6 heteroatoms. The summed E-state index contributed by atoms with van der Waals surface area (Å²) in [5, 5.41) is 4.84. The lowest BCUT2D eigenvalue weighted by atomic mass is 10.3. The topological polar surface area (TPSA) is 61.7 Å². The van der Waals surface area contributed by atoms with Crippen molar-refractivity contribution in [2.75, 3.05) is 5.73 Å². The van der Waals surface area contributed by atoms with Crippen molar-refractivity contribution >= 4 is 28.6 Å². The van der Waals surface area contributed by atoms with Gasteiger partial charge in [0, 0.05) is 24.0 Å². The first kappa shape index (κ1) is 11.1. The van der Waals surface area contributed by atoms with Gasteiger partial charge in [-0.05, 0) is 24.3 Å². The predicted molar refractivity (Wildman–Crippen MR) is 71.4 cm³/mol. The van der Waals surface area contributed by atoms with Crippen LogP contribution in [0.5, 0.6) is 0 Å². The van der Waals surface area contributed by atoms with Gasteiger partial charge in [0.15, 0.2) is 0 Å². The van der Waals surface area contributed by atoms with Gasteiger partial charge in [-0.3, -0.25) is 4.68 Å². The highest BCUT2D eigenvalue weighted by atomic mass is 35.5. The second-order valence-electron chi connectivity index (χ2n) is 4.02. The third-order valence-electron chi connectivity index (χ3n) is 2.85. The highest BCUT2D eigenvalue weighted by Gasteiger charge is 2.08. The highest BCUT2D eigenvalue weighted by molar-refractivity contribution is 6.31. The molecule has 0 aliphatic carbocycles. The van der Waals surface area contributed by atoms with Gasteiger partial charge in [0.1, 0.15) is 0 Å². The minimum Gasteiger partial charge on any atom is -0.369 e. The molecular formula is C12H12ClN5. The summed E-state index contributed by atoms with van der Waals surface area (Å²) >= 11 is 6.00. The van der Waals surface area contributed by atoms with Crippen LogP contribution in [0.4, 0.5) is 5.95 Å². The number of nitrogens with zero attached hydrogens (tertiary/aromatic N) is 4. The third-order valence-corrected chi connectivity index (χ3v) is 3.09. The zero-order chi connectivity index (χ0) is 12.5. The number of nitrogen functional groups attached to an aromatic ring is 1. The van der Waals surface area contributed by atoms with E-state index < -0.39 is 0 Å². The first-order valence-corrected chi connectivity index (χ1v) is 6.00. The van der Waals surface area contributed by atoms with Gasteiger partial charge in [0.25, 0.3) is 0 Å². The SMILES string of the molecule is Nc1nc2ccc(Cl)cc2n1CCn1cccn1. The summed E-state index contributed by atoms with van der Waals surface area (Å²) < 4.78 is 3.80. The van der Waals surface area contributed by atoms with Gasteiger partial charge >= 0.3 is 0 Å². The molecule has 3 aromatic rings. The number of halogens is 1. The lowest BCUT2D eigenvalue weighted by Gasteiger charge is -2.06. The summed E-state index contributed by atoms with van der Waals surface area (Å²) in [6.07, 6.45) is 3.68. The number of aromatic nitrogens is 4. The van der Waals surface area contributed by atoms with E-state index in [0.29, 0.717) is 17.5 Å². The molecule has 5 nitrogen and oxygen atoms in total. The summed E-state index contributed by atoms with van der Waals surface area (Å²) in [5.74, 6) is 0.499. The van der Waals surface area contributed by atoms with E-state index in [1.165, 1.54) is 0 Å². The van der Waals surface area contributed by atoms with Crippen molar-refractivity contribution in [1.82, 2.24) is 19.3 Å². The van der Waals surface area contributed by atoms with E-state index >= 15 is 0 Å². The largest absolute Gasteiger partial charge is 0.369 e. The highest BCUT2D eigenvalue weighted by Crippen LogP contribution is 2.21. The van der Waals surface area contributed by atoms with Crippen molar-refractivity contribution < 1.29 is 0 Å². The number of nitrogens with two attached hydrogens (primary N) is 1. The average Bonchev–Trinajstić information content (AvgIpc) is 2.94. The van der Waals surface area contributed by atoms with E-state index in [9.17, 15) is 0 Å². The second-order valence-corrected chi connectivity index (χ2v) is 4.46. The molecule has 0 radical (unpaired) electrons. The van der Waals surface area contributed by atoms with Crippen molar-refractivity contribution in [3.8, 4) is 0 Å². The maximum absolute atomic E-state index is 6.00. The molecule has 0 aliphatic rings. The quantitative estimate of drug-likeness (QED) is 0.786. The molecule has 0 fully saturated rings. The molecule has 0 amide bonds. The standard InChI is InChI=1S/C12H12ClN5/c13-9-2-3-10-11(8-9)18(12(14)16-10)7-6-17-5-1-4-15-17/h1-5,8H,6-7H2,(H2,14,16). The predicted octanol–water partition coefficient (Wildman–Crippen LogP) is 2.17. The van der Waals surface area contributed by atoms with Gasteiger partial charge in [0.2, 0.25) is 5.95 Å². The Morgan fingerprint density at radius 1 is 1.28 bits per heavy atom. The fraction of sp³-hybridized carbons (Fsp3) is 0.167. The van der Waals surface area contributed by atoms with E-state index in [1.54, 1.807) is 6.20 Å². The fourth-order valence-electron chi connectivity index (χ4n) is 1.98. The molecule has 0 saturated carbocycles. The van der Waals surface area contributed by atoms with E-state index in [0.717, 1.165) is 17.6 Å². The van der Waals surface area contributed by atoms with E-state index in [2.05, 4.69) is 10.1 Å². The van der Waals surface area contributed by atoms with Crippen LogP contribution in [-0.2, 0) is 13.1 Å². The van der Waals surface area contributed by atoms with Gasteiger partial charge in [-0.2, -0.15) is 5.10 Å². The van der Waals surface area contributed by atoms with Gasteiger partial charge in [-0.15, -0.1) is 0 Å². The summed E-state index contributed by atoms with van der Waals surface area (Å²) in [6.45, 7) is 1.46. The number of rotatable bonds is 3. The lowest BCUT2D eigenvalue weighted by molar-refractivity contribution is 0.545. The Labute approximate surface area is 109 Å². The molecular weight excluding hydrogens is 250 g/mol. The first-order valence-electron chi connectivity index (χ1n) is 5.63. The van der Waals surface area contributed by atoms with Gasteiger partial charge in [-0.1, -0.05) is 11.6 Å². The Kier molecular flexibility index (Phi) is 2.68. The van der Waals surface area contributed by atoms with Crippen LogP contribution >= 0.6 is 11.6 Å². The van der Waals surface area contributed by atoms with E-state index in [4.69, 9.17) is 17.3 Å². The van der Waals surface area contributed by atoms with Gasteiger partial charge in [-0.25, -0.2) is 4.98 Å². The van der Waals surface area contributed by atoms with Crippen LogP contribution in [0.3, 0.4) is 0 Å². The Balaban J connectivity index is 1.95. The Morgan fingerprint density at radius 3 is 2.94 bits per heavy atom. The van der Waals surface area contributed by atoms with Crippen molar-refractivity contribution in [2.24, 2.45) is 0 Å². The van der Waals surface area contributed by atoms with Crippen LogP contribution in [-0.4, -0.2) is 19.3 Å². The lowest BCUT2D eigenvalue weighted by Crippen LogP contribution is -2.10. The molecule has 0 aliphatic heterocycles. The monoisotopic (exact) mass is 261 g/mol. The molecule has 0 saturated heterocycles. The van der Waals surface area contributed by atoms with Crippen LogP contribution in [0.15, 0.2) is 36.7 Å². The van der Waals surface area contributed by atoms with Crippen molar-refractivity contribution in [2.45, 2.75) is 13.1 Å². The summed E-state index contributed by atoms with van der Waals surface area (Å²) in [7, 11) is 0. The van der Waals surface area contributed by atoms with Crippen LogP contribution in [0.25, 0.3) is 11.0 Å². The number of hydrogen-bond acceptors (Lipinski definition) is 3. The zero-order valence-electron chi connectivity index (χ0n) is 9.62. The number of anilines is 1. The number of fused-ring (bicyclic) bond motifs is 1. The normalized spacial score (nSPS) is 11.2. The molecule has 18 heavy (non-hydrogen) atoms. The molecule has 3 rings (SSSR count). The van der Waals surface area contributed by atoms with Crippen molar-refractivity contribution in [1.29, 1.82) is 0 Å². The van der Waals surface area contributed by atoms with Gasteiger partial charge in [0.05, 0.1) is 17.6 Å². The summed E-state index contributed by atoms with van der Waals surface area (Å²) in [4.78, 5) is 4.31. The minimum absolute atomic E-state index is 0.499. The molecule has 92 valence electrons. The zero-order valence-corrected chi connectivity index (χ0v) is 10.4. The third kappa shape index (κ3) is 1.93. The summed E-state index contributed by atoms with van der Waals surface area (Å²) in [5.41, 5.74) is 7.73. The molecule has 0 atom stereocenters. The number of imidazole rings is 1. The van der Waals surface area contributed by atoms with E-state index in [1.807, 2.05) is 39.7 Å². The molecule has 0 bridgehead atoms. The molecule has 1 aromatic carbocycles. The fourth-order valence-corrected chi connectivity index (χ4v) is 2.15. The second kappa shape index (κ2) is 4.34. The number of hydrogen-bond donors (Lipinski definition) is 1. The average molecular weight is 262 g/mol. The maximum atomic E-state index is 6.00. The molecule has 0 unspecified atom stereocenters. The van der Waals surface area contributed by atoms with Crippen molar-refractivity contribution in [3.05, 3.63) is 41.7 Å². The van der Waals surface area contributed by atoms with Crippen LogP contribution in [0.1, 0.15) is 0 Å². The van der Waals surface area contributed by atoms with Crippen LogP contribution < -0.4 is 5.73 Å². The molecule has 2 heterocycles. The van der Waals surface area contributed by atoms with Crippen molar-refractivity contribution in [3.63, 3.8) is 0 Å². The Hall–Kier alpha value is -2.01.